The molecule has 1 aromatic carbocycles. The maximum Gasteiger partial charge on any atom is 0.122 e. The molecule has 0 amide bonds. The van der Waals surface area contributed by atoms with Crippen LogP contribution in [0.15, 0.2) is 60.7 Å². The first-order valence-electron chi connectivity index (χ1n) is 12.0. The van der Waals surface area contributed by atoms with E-state index in [0.29, 0.717) is 5.75 Å². The van der Waals surface area contributed by atoms with E-state index in [1.807, 2.05) is 0 Å². The maximum atomic E-state index is 11.4. The van der Waals surface area contributed by atoms with Crippen molar-refractivity contribution in [2.45, 2.75) is 85.0 Å². The number of allylic oxidation sites excluding steroid dienone is 8. The van der Waals surface area contributed by atoms with Gasteiger partial charge in [0, 0.05) is 0 Å². The number of phenols is 1. The molecule has 1 aromatic rings. The molecular formula is C29H40O. The van der Waals surface area contributed by atoms with Gasteiger partial charge < -0.3 is 5.11 Å². The minimum Gasteiger partial charge on any atom is -0.507 e. The van der Waals surface area contributed by atoms with Gasteiger partial charge in [-0.1, -0.05) is 106 Å². The van der Waals surface area contributed by atoms with Gasteiger partial charge in [-0.05, 0) is 67.4 Å². The number of unbranched alkanes of at least 4 members (excludes halogenated alkanes) is 2. The molecule has 0 aliphatic heterocycles. The minimum atomic E-state index is 0.140. The van der Waals surface area contributed by atoms with Crippen molar-refractivity contribution in [2.75, 3.05) is 0 Å². The summed E-state index contributed by atoms with van der Waals surface area (Å²) in [4.78, 5) is 0. The molecule has 0 saturated heterocycles. The number of aromatic hydroxyl groups is 1. The van der Waals surface area contributed by atoms with E-state index in [1.54, 1.807) is 0 Å². The second-order valence-corrected chi connectivity index (χ2v) is 9.70. The van der Waals surface area contributed by atoms with E-state index in [4.69, 9.17) is 0 Å². The predicted octanol–water partition coefficient (Wildman–Crippen LogP) is 8.17. The Labute approximate surface area is 184 Å². The third kappa shape index (κ3) is 5.56. The van der Waals surface area contributed by atoms with Crippen molar-refractivity contribution in [1.29, 1.82) is 0 Å². The zero-order chi connectivity index (χ0) is 21.5. The highest BCUT2D eigenvalue weighted by atomic mass is 16.3. The van der Waals surface area contributed by atoms with Crippen LogP contribution in [0.5, 0.6) is 5.75 Å². The van der Waals surface area contributed by atoms with Gasteiger partial charge in [-0.3, -0.25) is 0 Å². The Morgan fingerprint density at radius 2 is 1.23 bits per heavy atom. The highest BCUT2D eigenvalue weighted by molar-refractivity contribution is 5.46. The molecular weight excluding hydrogens is 364 g/mol. The Bertz CT molecular complexity index is 760. The van der Waals surface area contributed by atoms with E-state index >= 15 is 0 Å². The summed E-state index contributed by atoms with van der Waals surface area (Å²) in [6, 6.07) is 4.43. The van der Waals surface area contributed by atoms with Gasteiger partial charge in [0.25, 0.3) is 0 Å². The van der Waals surface area contributed by atoms with E-state index in [0.717, 1.165) is 36.8 Å². The zero-order valence-corrected chi connectivity index (χ0v) is 19.3. The monoisotopic (exact) mass is 404 g/mol. The molecule has 2 aliphatic carbocycles. The first kappa shape index (κ1) is 22.7. The molecule has 1 N–H and O–H groups in total. The summed E-state index contributed by atoms with van der Waals surface area (Å²) < 4.78 is 0. The van der Waals surface area contributed by atoms with Crippen LogP contribution in [-0.2, 0) is 12.8 Å². The molecule has 30 heavy (non-hydrogen) atoms. The molecule has 3 rings (SSSR count). The lowest BCUT2D eigenvalue weighted by Crippen LogP contribution is -2.24. The van der Waals surface area contributed by atoms with Crippen molar-refractivity contribution in [3.63, 3.8) is 0 Å². The fourth-order valence-corrected chi connectivity index (χ4v) is 5.25. The Morgan fingerprint density at radius 1 is 0.767 bits per heavy atom. The quantitative estimate of drug-likeness (QED) is 0.417. The van der Waals surface area contributed by atoms with Crippen LogP contribution in [0.4, 0.5) is 0 Å². The predicted molar refractivity (Wildman–Crippen MR) is 130 cm³/mol. The molecule has 1 nitrogen and oxygen atoms in total. The van der Waals surface area contributed by atoms with Crippen LogP contribution in [0.2, 0.25) is 0 Å². The maximum absolute atomic E-state index is 11.4. The van der Waals surface area contributed by atoms with E-state index in [9.17, 15) is 5.11 Å². The zero-order valence-electron chi connectivity index (χ0n) is 19.3. The van der Waals surface area contributed by atoms with E-state index in [2.05, 4.69) is 81.5 Å². The summed E-state index contributed by atoms with van der Waals surface area (Å²) in [6.45, 7) is 6.71. The average molecular weight is 405 g/mol. The molecule has 2 unspecified atom stereocenters. The van der Waals surface area contributed by atoms with Crippen molar-refractivity contribution < 1.29 is 5.11 Å². The molecule has 162 valence electrons. The topological polar surface area (TPSA) is 20.2 Å². The van der Waals surface area contributed by atoms with Crippen LogP contribution < -0.4 is 0 Å². The first-order chi connectivity index (χ1) is 14.5. The van der Waals surface area contributed by atoms with Gasteiger partial charge >= 0.3 is 0 Å². The SMILES string of the molecule is CCCCC1(Cc2cc(C)cc(CC3(CCCC)C=CC=CC3)c2O)C=CC=CC1. The summed E-state index contributed by atoms with van der Waals surface area (Å²) in [5.74, 6) is 0.540. The third-order valence-corrected chi connectivity index (χ3v) is 7.00. The van der Waals surface area contributed by atoms with Gasteiger partial charge in [0.2, 0.25) is 0 Å². The molecule has 0 heterocycles. The largest absolute Gasteiger partial charge is 0.507 e. The minimum absolute atomic E-state index is 0.140. The van der Waals surface area contributed by atoms with Crippen molar-refractivity contribution >= 4 is 0 Å². The number of hydrogen-bond acceptors (Lipinski definition) is 1. The van der Waals surface area contributed by atoms with Gasteiger partial charge in [-0.25, -0.2) is 0 Å². The lowest BCUT2D eigenvalue weighted by Gasteiger charge is -2.34. The van der Waals surface area contributed by atoms with Gasteiger partial charge in [-0.15, -0.1) is 0 Å². The van der Waals surface area contributed by atoms with Gasteiger partial charge in [-0.2, -0.15) is 0 Å². The summed E-state index contributed by atoms with van der Waals surface area (Å²) in [5, 5.41) is 11.4. The molecule has 2 atom stereocenters. The molecule has 1 heteroatoms. The molecule has 0 fully saturated rings. The standard InChI is InChI=1S/C29H40O/c1-4-6-14-28(16-10-8-11-17-28)22-25-20-24(3)21-26(27(25)30)23-29(15-7-5-2)18-12-9-13-19-29/h8-13,16,18,20-21,30H,4-7,14-15,17,19,22-23H2,1-3H3. The summed E-state index contributed by atoms with van der Waals surface area (Å²) in [5.41, 5.74) is 3.80. The second kappa shape index (κ2) is 10.3. The van der Waals surface area contributed by atoms with Gasteiger partial charge in [0.1, 0.15) is 5.75 Å². The van der Waals surface area contributed by atoms with Crippen molar-refractivity contribution in [2.24, 2.45) is 10.8 Å². The first-order valence-corrected chi connectivity index (χ1v) is 12.0. The third-order valence-electron chi connectivity index (χ3n) is 7.00. The van der Waals surface area contributed by atoms with Crippen LogP contribution in [-0.4, -0.2) is 5.11 Å². The molecule has 0 radical (unpaired) electrons. The Kier molecular flexibility index (Phi) is 7.81. The highest BCUT2D eigenvalue weighted by Gasteiger charge is 2.31. The van der Waals surface area contributed by atoms with Crippen molar-refractivity contribution in [3.05, 3.63) is 77.4 Å². The van der Waals surface area contributed by atoms with Crippen molar-refractivity contribution in [3.8, 4) is 5.75 Å². The fourth-order valence-electron chi connectivity index (χ4n) is 5.25. The highest BCUT2D eigenvalue weighted by Crippen LogP contribution is 2.43. The van der Waals surface area contributed by atoms with E-state index < -0.39 is 0 Å². The van der Waals surface area contributed by atoms with Crippen LogP contribution in [0.25, 0.3) is 0 Å². The fraction of sp³-hybridized carbons (Fsp3) is 0.517. The van der Waals surface area contributed by atoms with E-state index in [-0.39, 0.29) is 10.8 Å². The molecule has 0 bridgehead atoms. The number of rotatable bonds is 10. The van der Waals surface area contributed by atoms with Crippen LogP contribution in [0.3, 0.4) is 0 Å². The summed E-state index contributed by atoms with van der Waals surface area (Å²) in [6.07, 6.45) is 29.3. The molecule has 0 spiro atoms. The molecule has 0 aromatic heterocycles. The molecule has 2 aliphatic rings. The van der Waals surface area contributed by atoms with Gasteiger partial charge in [0.15, 0.2) is 0 Å². The number of phenolic OH excluding ortho intramolecular Hbond substituents is 1. The van der Waals surface area contributed by atoms with Crippen LogP contribution >= 0.6 is 0 Å². The number of hydrogen-bond donors (Lipinski definition) is 1. The second-order valence-electron chi connectivity index (χ2n) is 9.70. The normalized spacial score (nSPS) is 25.2. The Hall–Kier alpha value is -2.02. The Morgan fingerprint density at radius 3 is 1.60 bits per heavy atom. The number of aryl methyl sites for hydroxylation is 1. The molecule has 0 saturated carbocycles. The van der Waals surface area contributed by atoms with Crippen molar-refractivity contribution in [1.82, 2.24) is 0 Å². The average Bonchev–Trinajstić information content (AvgIpc) is 2.75. The van der Waals surface area contributed by atoms with E-state index in [1.165, 1.54) is 44.1 Å². The smallest absolute Gasteiger partial charge is 0.122 e. The lowest BCUT2D eigenvalue weighted by atomic mass is 9.71. The van der Waals surface area contributed by atoms with Gasteiger partial charge in [0.05, 0.1) is 0 Å². The Balaban J connectivity index is 1.89. The number of benzene rings is 1. The summed E-state index contributed by atoms with van der Waals surface area (Å²) >= 11 is 0. The van der Waals surface area contributed by atoms with Crippen LogP contribution in [0, 0.1) is 17.8 Å². The summed E-state index contributed by atoms with van der Waals surface area (Å²) in [7, 11) is 0. The lowest BCUT2D eigenvalue weighted by molar-refractivity contribution is 0.321. The van der Waals surface area contributed by atoms with Crippen LogP contribution in [0.1, 0.15) is 81.9 Å².